The molecule has 0 aromatic carbocycles. The molecule has 0 N–H and O–H groups in total. The van der Waals surface area contributed by atoms with Gasteiger partial charge in [-0.25, -0.2) is 0 Å². The minimum atomic E-state index is 0. The van der Waals surface area contributed by atoms with Crippen molar-refractivity contribution in [1.29, 1.82) is 0 Å². The second-order valence-electron chi connectivity index (χ2n) is 3.42. The van der Waals surface area contributed by atoms with Gasteiger partial charge >= 0.3 is 0 Å². The Kier molecular flexibility index (Phi) is 3.33. The highest BCUT2D eigenvalue weighted by molar-refractivity contribution is 5.78. The van der Waals surface area contributed by atoms with E-state index >= 15 is 0 Å². The first-order valence-corrected chi connectivity index (χ1v) is 3.44. The summed E-state index contributed by atoms with van der Waals surface area (Å²) in [6.07, 6.45) is 1.57. The number of hydrogen-bond acceptors (Lipinski definition) is 1. The molecule has 1 rings (SSSR count). The quantitative estimate of drug-likeness (QED) is 0.359. The van der Waals surface area contributed by atoms with Gasteiger partial charge in [-0.3, -0.25) is 4.79 Å². The van der Waals surface area contributed by atoms with Crippen LogP contribution in [0, 0.1) is 0 Å². The van der Waals surface area contributed by atoms with E-state index in [1.54, 1.807) is 0 Å². The maximum atomic E-state index is 10.7. The van der Waals surface area contributed by atoms with Crippen LogP contribution in [0.5, 0.6) is 0 Å². The van der Waals surface area contributed by atoms with Gasteiger partial charge in [-0.2, -0.15) is 0 Å². The highest BCUT2D eigenvalue weighted by Crippen LogP contribution is 2.09. The van der Waals surface area contributed by atoms with Crippen molar-refractivity contribution in [3.8, 4) is 0 Å². The summed E-state index contributed by atoms with van der Waals surface area (Å²) >= 11 is 0. The number of quaternary nitrogens is 1. The fourth-order valence-corrected chi connectivity index (χ4v) is 1.09. The second kappa shape index (κ2) is 3.35. The average molecular weight is 164 g/mol. The number of halogens is 1. The summed E-state index contributed by atoms with van der Waals surface area (Å²) in [6, 6.07) is 0. The van der Waals surface area contributed by atoms with Crippen LogP contribution in [0.1, 0.15) is 12.8 Å². The summed E-state index contributed by atoms with van der Waals surface area (Å²) in [5, 5.41) is 0. The van der Waals surface area contributed by atoms with Crippen molar-refractivity contribution in [3.05, 3.63) is 0 Å². The highest BCUT2D eigenvalue weighted by atomic mass is 35.5. The number of ketones is 1. The van der Waals surface area contributed by atoms with Crippen molar-refractivity contribution in [2.75, 3.05) is 27.2 Å². The fraction of sp³-hybridized carbons (Fsp3) is 0.857. The van der Waals surface area contributed by atoms with E-state index in [0.717, 1.165) is 30.4 Å². The molecule has 0 atom stereocenters. The summed E-state index contributed by atoms with van der Waals surface area (Å²) in [5.74, 6) is 0.437. The summed E-state index contributed by atoms with van der Waals surface area (Å²) in [5.41, 5.74) is 0. The number of piperidine rings is 1. The number of hydrogen-bond donors (Lipinski definition) is 0. The Labute approximate surface area is 68.2 Å². The molecule has 0 radical (unpaired) electrons. The lowest BCUT2D eigenvalue weighted by molar-refractivity contribution is -0.891. The van der Waals surface area contributed by atoms with Gasteiger partial charge < -0.3 is 16.9 Å². The van der Waals surface area contributed by atoms with Crippen LogP contribution < -0.4 is 12.4 Å². The van der Waals surface area contributed by atoms with Gasteiger partial charge in [-0.15, -0.1) is 0 Å². The zero-order valence-corrected chi connectivity index (χ0v) is 7.32. The minimum absolute atomic E-state index is 0. The molecule has 0 unspecified atom stereocenters. The topological polar surface area (TPSA) is 17.1 Å². The number of nitrogens with zero attached hydrogens (tertiary/aromatic N) is 1. The molecule has 0 aromatic rings. The van der Waals surface area contributed by atoms with E-state index in [-0.39, 0.29) is 12.4 Å². The number of rotatable bonds is 0. The number of Topliss-reactive ketones (excluding diaryl/α,β-unsaturated/α-hetero) is 1. The van der Waals surface area contributed by atoms with Crippen LogP contribution in [0.2, 0.25) is 0 Å². The lowest BCUT2D eigenvalue weighted by atomic mass is 10.1. The Morgan fingerprint density at radius 2 is 1.60 bits per heavy atom. The zero-order chi connectivity index (χ0) is 6.91. The van der Waals surface area contributed by atoms with E-state index in [0.29, 0.717) is 5.78 Å². The molecule has 0 bridgehead atoms. The van der Waals surface area contributed by atoms with Crippen LogP contribution in [0.4, 0.5) is 0 Å². The average Bonchev–Trinajstić information content (AvgIpc) is 1.78. The van der Waals surface area contributed by atoms with Gasteiger partial charge in [0, 0.05) is 0 Å². The Morgan fingerprint density at radius 1 is 1.20 bits per heavy atom. The standard InChI is InChI=1S/C7H14NO.ClH/c1-8(2)5-3-7(9)4-6-8;/h3-6H2,1-2H3;1H/q+1;/p-1. The number of likely N-dealkylation sites (tertiary alicyclic amines) is 1. The summed E-state index contributed by atoms with van der Waals surface area (Å²) in [6.45, 7) is 2.05. The summed E-state index contributed by atoms with van der Waals surface area (Å²) < 4.78 is 1.02. The smallest absolute Gasteiger partial charge is 0.144 e. The molecule has 1 fully saturated rings. The van der Waals surface area contributed by atoms with Gasteiger partial charge in [-0.1, -0.05) is 0 Å². The molecule has 60 valence electrons. The lowest BCUT2D eigenvalue weighted by Crippen LogP contribution is -3.00. The van der Waals surface area contributed by atoms with Gasteiger partial charge in [0.25, 0.3) is 0 Å². The van der Waals surface area contributed by atoms with E-state index in [1.165, 1.54) is 0 Å². The summed E-state index contributed by atoms with van der Waals surface area (Å²) in [7, 11) is 4.35. The molecule has 10 heavy (non-hydrogen) atoms. The van der Waals surface area contributed by atoms with E-state index in [9.17, 15) is 4.79 Å². The van der Waals surface area contributed by atoms with Crippen LogP contribution in [0.25, 0.3) is 0 Å². The SMILES string of the molecule is C[N+]1(C)CCC(=O)CC1.[Cl-]. The molecule has 0 saturated carbocycles. The van der Waals surface area contributed by atoms with Crippen LogP contribution >= 0.6 is 0 Å². The monoisotopic (exact) mass is 163 g/mol. The van der Waals surface area contributed by atoms with Crippen LogP contribution in [0.3, 0.4) is 0 Å². The first-order valence-electron chi connectivity index (χ1n) is 3.44. The van der Waals surface area contributed by atoms with Gasteiger partial charge in [0.2, 0.25) is 0 Å². The van der Waals surface area contributed by atoms with Crippen molar-refractivity contribution in [2.24, 2.45) is 0 Å². The highest BCUT2D eigenvalue weighted by Gasteiger charge is 2.23. The Balaban J connectivity index is 0.000000810. The minimum Gasteiger partial charge on any atom is -1.00 e. The van der Waals surface area contributed by atoms with E-state index in [2.05, 4.69) is 14.1 Å². The Morgan fingerprint density at radius 3 is 1.90 bits per heavy atom. The molecular formula is C7H14ClNO. The molecule has 0 spiro atoms. The molecule has 2 nitrogen and oxygen atoms in total. The zero-order valence-electron chi connectivity index (χ0n) is 6.56. The van der Waals surface area contributed by atoms with Gasteiger partial charge in [-0.05, 0) is 0 Å². The van der Waals surface area contributed by atoms with E-state index < -0.39 is 0 Å². The van der Waals surface area contributed by atoms with Crippen molar-refractivity contribution in [3.63, 3.8) is 0 Å². The molecule has 3 heteroatoms. The van der Waals surface area contributed by atoms with Crippen LogP contribution in [-0.4, -0.2) is 37.5 Å². The maximum Gasteiger partial charge on any atom is 0.144 e. The van der Waals surface area contributed by atoms with Crippen molar-refractivity contribution in [2.45, 2.75) is 12.8 Å². The lowest BCUT2D eigenvalue weighted by Gasteiger charge is -2.32. The van der Waals surface area contributed by atoms with Crippen molar-refractivity contribution >= 4 is 5.78 Å². The largest absolute Gasteiger partial charge is 1.00 e. The predicted molar refractivity (Wildman–Crippen MR) is 36.1 cm³/mol. The molecule has 0 aliphatic carbocycles. The maximum absolute atomic E-state index is 10.7. The van der Waals surface area contributed by atoms with Crippen LogP contribution in [-0.2, 0) is 4.79 Å². The first kappa shape index (κ1) is 9.92. The molecule has 0 amide bonds. The third-order valence-electron chi connectivity index (χ3n) is 1.99. The second-order valence-corrected chi connectivity index (χ2v) is 3.42. The Bertz CT molecular complexity index is 122. The fourth-order valence-electron chi connectivity index (χ4n) is 1.09. The van der Waals surface area contributed by atoms with E-state index in [4.69, 9.17) is 0 Å². The third-order valence-corrected chi connectivity index (χ3v) is 1.99. The molecule has 0 aromatic heterocycles. The molecular weight excluding hydrogens is 150 g/mol. The number of carbonyl (C=O) groups is 1. The molecule has 1 aliphatic heterocycles. The number of carbonyl (C=O) groups excluding carboxylic acids is 1. The third kappa shape index (κ3) is 2.67. The predicted octanol–water partition coefficient (Wildman–Crippen LogP) is -2.57. The first-order chi connectivity index (χ1) is 4.10. The van der Waals surface area contributed by atoms with E-state index in [1.807, 2.05) is 0 Å². The van der Waals surface area contributed by atoms with Crippen LogP contribution in [0.15, 0.2) is 0 Å². The van der Waals surface area contributed by atoms with Gasteiger partial charge in [0.05, 0.1) is 40.0 Å². The van der Waals surface area contributed by atoms with Gasteiger partial charge in [0.15, 0.2) is 0 Å². The van der Waals surface area contributed by atoms with Crippen molar-refractivity contribution in [1.82, 2.24) is 0 Å². The summed E-state index contributed by atoms with van der Waals surface area (Å²) in [4.78, 5) is 10.7. The van der Waals surface area contributed by atoms with Gasteiger partial charge in [0.1, 0.15) is 5.78 Å². The molecule has 1 saturated heterocycles. The Hall–Kier alpha value is -0.0800. The molecule has 1 aliphatic rings. The molecule has 1 heterocycles. The normalized spacial score (nSPS) is 23.6. The van der Waals surface area contributed by atoms with Crippen molar-refractivity contribution < 1.29 is 21.7 Å².